The Balaban J connectivity index is 1.83. The maximum atomic E-state index is 12.1. The van der Waals surface area contributed by atoms with Crippen LogP contribution in [-0.2, 0) is 0 Å². The van der Waals surface area contributed by atoms with Crippen molar-refractivity contribution in [2.75, 3.05) is 6.54 Å². The van der Waals surface area contributed by atoms with E-state index in [4.69, 9.17) is 5.73 Å². The molecule has 20 heavy (non-hydrogen) atoms. The summed E-state index contributed by atoms with van der Waals surface area (Å²) in [5.74, 6) is -0.329. The molecule has 0 atom stereocenters. The molecule has 0 aliphatic heterocycles. The molecular formula is C12H16F3N3OS. The predicted molar refractivity (Wildman–Crippen MR) is 69.7 cm³/mol. The highest BCUT2D eigenvalue weighted by molar-refractivity contribution is 7.09. The Morgan fingerprint density at radius 2 is 2.05 bits per heavy atom. The summed E-state index contributed by atoms with van der Waals surface area (Å²) < 4.78 is 36.3. The van der Waals surface area contributed by atoms with E-state index in [0.29, 0.717) is 12.8 Å². The number of nitrogens with one attached hydrogen (secondary N) is 1. The molecule has 1 aromatic rings. The van der Waals surface area contributed by atoms with Gasteiger partial charge in [-0.25, -0.2) is 4.98 Å². The fourth-order valence-corrected chi connectivity index (χ4v) is 3.37. The molecule has 0 radical (unpaired) electrons. The molecule has 4 nitrogen and oxygen atoms in total. The second-order valence-electron chi connectivity index (χ2n) is 4.98. The Labute approximate surface area is 118 Å². The largest absolute Gasteiger partial charge is 0.401 e. The van der Waals surface area contributed by atoms with E-state index >= 15 is 0 Å². The van der Waals surface area contributed by atoms with E-state index in [-0.39, 0.29) is 17.7 Å². The first-order valence-corrected chi connectivity index (χ1v) is 7.28. The number of nitrogens with zero attached hydrogens (tertiary/aromatic N) is 1. The highest BCUT2D eigenvalue weighted by Gasteiger charge is 2.30. The van der Waals surface area contributed by atoms with Crippen molar-refractivity contribution in [2.24, 2.45) is 5.73 Å². The summed E-state index contributed by atoms with van der Waals surface area (Å²) in [5, 5.41) is 5.03. The van der Waals surface area contributed by atoms with Gasteiger partial charge in [-0.05, 0) is 25.7 Å². The normalized spacial score (nSPS) is 23.8. The minimum absolute atomic E-state index is 0.0940. The summed E-state index contributed by atoms with van der Waals surface area (Å²) in [5.41, 5.74) is 5.41. The molecule has 8 heteroatoms. The van der Waals surface area contributed by atoms with Gasteiger partial charge in [0.05, 0.1) is 11.6 Å². The van der Waals surface area contributed by atoms with Crippen LogP contribution in [-0.4, -0.2) is 29.7 Å². The zero-order chi connectivity index (χ0) is 14.8. The molecule has 1 aliphatic carbocycles. The summed E-state index contributed by atoms with van der Waals surface area (Å²) in [7, 11) is 0. The fraction of sp³-hybridized carbons (Fsp3) is 0.667. The number of rotatable bonds is 4. The number of aromatic nitrogens is 1. The Morgan fingerprint density at radius 1 is 1.40 bits per heavy atom. The Hall–Kier alpha value is -1.15. The summed E-state index contributed by atoms with van der Waals surface area (Å²) >= 11 is 1.39. The van der Waals surface area contributed by atoms with Gasteiger partial charge in [-0.1, -0.05) is 0 Å². The second kappa shape index (κ2) is 6.09. The number of hydrogen-bond acceptors (Lipinski definition) is 4. The van der Waals surface area contributed by atoms with Gasteiger partial charge in [0, 0.05) is 17.3 Å². The molecule has 1 amide bonds. The van der Waals surface area contributed by atoms with E-state index in [1.54, 1.807) is 5.38 Å². The first-order valence-electron chi connectivity index (χ1n) is 6.40. The van der Waals surface area contributed by atoms with Gasteiger partial charge in [0.1, 0.15) is 5.69 Å². The number of hydrogen-bond donors (Lipinski definition) is 2. The molecule has 2 rings (SSSR count). The van der Waals surface area contributed by atoms with Crippen LogP contribution >= 0.6 is 11.3 Å². The van der Waals surface area contributed by atoms with Crippen LogP contribution in [0, 0.1) is 0 Å². The minimum Gasteiger partial charge on any atom is -0.364 e. The molecule has 0 aromatic carbocycles. The van der Waals surface area contributed by atoms with Gasteiger partial charge in [0.2, 0.25) is 0 Å². The molecular weight excluding hydrogens is 291 g/mol. The van der Waals surface area contributed by atoms with Crippen molar-refractivity contribution in [1.29, 1.82) is 0 Å². The molecule has 112 valence electrons. The van der Waals surface area contributed by atoms with Crippen molar-refractivity contribution in [1.82, 2.24) is 10.3 Å². The van der Waals surface area contributed by atoms with Gasteiger partial charge >= 0.3 is 6.18 Å². The number of carbonyl (C=O) groups excluding carboxylic acids is 1. The van der Waals surface area contributed by atoms with Gasteiger partial charge in [0.15, 0.2) is 0 Å². The lowest BCUT2D eigenvalue weighted by molar-refractivity contribution is -0.126. The van der Waals surface area contributed by atoms with E-state index in [1.165, 1.54) is 11.3 Å². The topological polar surface area (TPSA) is 68.0 Å². The van der Waals surface area contributed by atoms with Crippen molar-refractivity contribution in [3.63, 3.8) is 0 Å². The molecule has 0 unspecified atom stereocenters. The van der Waals surface area contributed by atoms with Gasteiger partial charge in [-0.2, -0.15) is 13.2 Å². The van der Waals surface area contributed by atoms with Crippen LogP contribution in [0.3, 0.4) is 0 Å². The Bertz CT molecular complexity index is 467. The summed E-state index contributed by atoms with van der Waals surface area (Å²) in [6.07, 6.45) is -1.23. The molecule has 1 aromatic heterocycles. The van der Waals surface area contributed by atoms with Gasteiger partial charge in [0.25, 0.3) is 5.91 Å². The van der Waals surface area contributed by atoms with Crippen LogP contribution in [0.15, 0.2) is 5.38 Å². The van der Waals surface area contributed by atoms with E-state index in [0.717, 1.165) is 17.8 Å². The number of nitrogens with two attached hydrogens (primary N) is 1. The van der Waals surface area contributed by atoms with Gasteiger partial charge < -0.3 is 11.1 Å². The van der Waals surface area contributed by atoms with Gasteiger partial charge in [-0.15, -0.1) is 11.3 Å². The zero-order valence-corrected chi connectivity index (χ0v) is 11.6. The monoisotopic (exact) mass is 307 g/mol. The van der Waals surface area contributed by atoms with Crippen LogP contribution in [0.1, 0.15) is 47.1 Å². The van der Waals surface area contributed by atoms with E-state index in [9.17, 15) is 18.0 Å². The third-order valence-electron chi connectivity index (χ3n) is 3.44. The maximum absolute atomic E-state index is 12.1. The molecule has 3 N–H and O–H groups in total. The lowest BCUT2D eigenvalue weighted by Gasteiger charge is -2.28. The second-order valence-corrected chi connectivity index (χ2v) is 5.87. The number of amides is 1. The molecule has 1 heterocycles. The van der Waals surface area contributed by atoms with Crippen molar-refractivity contribution in [3.05, 3.63) is 16.1 Å². The van der Waals surface area contributed by atoms with Crippen molar-refractivity contribution >= 4 is 17.2 Å². The molecule has 0 spiro atoms. The number of thiazole rings is 1. The molecule has 1 aliphatic rings. The van der Waals surface area contributed by atoms with Crippen LogP contribution < -0.4 is 11.1 Å². The van der Waals surface area contributed by atoms with E-state index < -0.39 is 18.6 Å². The third kappa shape index (κ3) is 4.17. The lowest BCUT2D eigenvalue weighted by Crippen LogP contribution is -2.39. The molecule has 1 fully saturated rings. The van der Waals surface area contributed by atoms with Crippen LogP contribution in [0.5, 0.6) is 0 Å². The predicted octanol–water partition coefficient (Wildman–Crippen LogP) is 2.42. The first kappa shape index (κ1) is 15.2. The molecule has 1 saturated carbocycles. The summed E-state index contributed by atoms with van der Waals surface area (Å²) in [6, 6.07) is -0.0940. The van der Waals surface area contributed by atoms with Crippen LogP contribution in [0.4, 0.5) is 13.2 Å². The molecule has 0 bridgehead atoms. The maximum Gasteiger partial charge on any atom is 0.401 e. The standard InChI is InChI=1S/C12H16F3N3OS/c13-12(14,15)6-17-8-3-1-7(2-4-8)11-18-9(5-20-11)10(16)19/h5,7-8,17H,1-4,6H2,(H2,16,19). The van der Waals surface area contributed by atoms with Crippen LogP contribution in [0.25, 0.3) is 0 Å². The number of halogens is 3. The smallest absolute Gasteiger partial charge is 0.364 e. The highest BCUT2D eigenvalue weighted by atomic mass is 32.1. The SMILES string of the molecule is NC(=O)c1csc(C2CCC(NCC(F)(F)F)CC2)n1. The number of primary amides is 1. The average molecular weight is 307 g/mol. The fourth-order valence-electron chi connectivity index (χ4n) is 2.39. The van der Waals surface area contributed by atoms with Gasteiger partial charge in [-0.3, -0.25) is 4.79 Å². The van der Waals surface area contributed by atoms with Crippen molar-refractivity contribution in [3.8, 4) is 0 Å². The third-order valence-corrected chi connectivity index (χ3v) is 4.45. The average Bonchev–Trinajstić information content (AvgIpc) is 2.86. The van der Waals surface area contributed by atoms with E-state index in [2.05, 4.69) is 10.3 Å². The Kier molecular flexibility index (Phi) is 4.64. The zero-order valence-electron chi connectivity index (χ0n) is 10.7. The van der Waals surface area contributed by atoms with Crippen LogP contribution in [0.2, 0.25) is 0 Å². The number of carbonyl (C=O) groups is 1. The highest BCUT2D eigenvalue weighted by Crippen LogP contribution is 2.34. The summed E-state index contributed by atoms with van der Waals surface area (Å²) in [4.78, 5) is 15.2. The quantitative estimate of drug-likeness (QED) is 0.897. The first-order chi connectivity index (χ1) is 9.35. The van der Waals surface area contributed by atoms with E-state index in [1.807, 2.05) is 0 Å². The van der Waals surface area contributed by atoms with Crippen molar-refractivity contribution in [2.45, 2.75) is 43.8 Å². The molecule has 0 saturated heterocycles. The lowest BCUT2D eigenvalue weighted by atomic mass is 9.86. The Morgan fingerprint density at radius 3 is 2.55 bits per heavy atom. The number of alkyl halides is 3. The van der Waals surface area contributed by atoms with Crippen molar-refractivity contribution < 1.29 is 18.0 Å². The minimum atomic E-state index is -4.16. The summed E-state index contributed by atoms with van der Waals surface area (Å²) in [6.45, 7) is -0.939.